The lowest BCUT2D eigenvalue weighted by molar-refractivity contribution is -0.123. The number of hydrogen-bond donors (Lipinski definition) is 1. The topological polar surface area (TPSA) is 38.3 Å². The predicted octanol–water partition coefficient (Wildman–Crippen LogP) is 4.83. The van der Waals surface area contributed by atoms with Crippen molar-refractivity contribution in [2.24, 2.45) is 0 Å². The van der Waals surface area contributed by atoms with Gasteiger partial charge in [-0.05, 0) is 79.8 Å². The summed E-state index contributed by atoms with van der Waals surface area (Å²) in [6, 6.07) is 12.8. The number of hydrogen-bond acceptors (Lipinski definition) is 2. The molecular formula is C23H29NO2. The standard InChI is InChI=1S/C23H29NO2/c1-4-21(20-12-11-18-7-5-6-8-19(18)14-20)24-23(25)15-26-22-13-16(2)9-10-17(22)3/h9-14,21H,4-8,15H2,1-3H3,(H,24,25). The van der Waals surface area contributed by atoms with Crippen LogP contribution < -0.4 is 10.1 Å². The fourth-order valence-corrected chi connectivity index (χ4v) is 3.63. The maximum absolute atomic E-state index is 12.4. The van der Waals surface area contributed by atoms with Crippen LogP contribution in [-0.2, 0) is 17.6 Å². The Hall–Kier alpha value is -2.29. The van der Waals surface area contributed by atoms with Crippen LogP contribution >= 0.6 is 0 Å². The second-order valence-electron chi connectivity index (χ2n) is 7.32. The highest BCUT2D eigenvalue weighted by atomic mass is 16.5. The molecule has 26 heavy (non-hydrogen) atoms. The molecule has 2 aromatic carbocycles. The third kappa shape index (κ3) is 4.46. The zero-order valence-corrected chi connectivity index (χ0v) is 16.1. The second-order valence-corrected chi connectivity index (χ2v) is 7.32. The average Bonchev–Trinajstić information content (AvgIpc) is 2.66. The highest BCUT2D eigenvalue weighted by molar-refractivity contribution is 5.78. The van der Waals surface area contributed by atoms with Crippen molar-refractivity contribution >= 4 is 5.91 Å². The zero-order chi connectivity index (χ0) is 18.5. The van der Waals surface area contributed by atoms with E-state index in [9.17, 15) is 4.79 Å². The molecule has 2 aromatic rings. The first kappa shape index (κ1) is 18.5. The van der Waals surface area contributed by atoms with E-state index in [1.165, 1.54) is 36.0 Å². The van der Waals surface area contributed by atoms with Crippen LogP contribution in [0.5, 0.6) is 5.75 Å². The lowest BCUT2D eigenvalue weighted by Gasteiger charge is -2.22. The monoisotopic (exact) mass is 351 g/mol. The number of rotatable bonds is 6. The number of fused-ring (bicyclic) bond motifs is 1. The molecular weight excluding hydrogens is 322 g/mol. The van der Waals surface area contributed by atoms with E-state index in [2.05, 4.69) is 30.4 Å². The van der Waals surface area contributed by atoms with Gasteiger partial charge in [-0.1, -0.05) is 37.3 Å². The van der Waals surface area contributed by atoms with Gasteiger partial charge in [0.05, 0.1) is 6.04 Å². The van der Waals surface area contributed by atoms with E-state index in [1.54, 1.807) is 0 Å². The SMILES string of the molecule is CCC(NC(=O)COc1cc(C)ccc1C)c1ccc2c(c1)CCCC2. The fourth-order valence-electron chi connectivity index (χ4n) is 3.63. The Morgan fingerprint density at radius 2 is 1.85 bits per heavy atom. The molecule has 0 saturated heterocycles. The van der Waals surface area contributed by atoms with Gasteiger partial charge in [-0.25, -0.2) is 0 Å². The predicted molar refractivity (Wildman–Crippen MR) is 106 cm³/mol. The van der Waals surface area contributed by atoms with Crippen molar-refractivity contribution in [1.82, 2.24) is 5.32 Å². The minimum absolute atomic E-state index is 0.0388. The van der Waals surface area contributed by atoms with Gasteiger partial charge in [-0.2, -0.15) is 0 Å². The van der Waals surface area contributed by atoms with E-state index in [4.69, 9.17) is 4.74 Å². The van der Waals surface area contributed by atoms with Crippen molar-refractivity contribution in [3.8, 4) is 5.75 Å². The summed E-state index contributed by atoms with van der Waals surface area (Å²) in [7, 11) is 0. The summed E-state index contributed by atoms with van der Waals surface area (Å²) < 4.78 is 5.74. The second kappa shape index (κ2) is 8.39. The minimum Gasteiger partial charge on any atom is -0.483 e. The van der Waals surface area contributed by atoms with Crippen LogP contribution in [0.1, 0.15) is 60.0 Å². The molecule has 0 heterocycles. The number of carbonyl (C=O) groups excluding carboxylic acids is 1. The molecule has 1 atom stereocenters. The molecule has 3 nitrogen and oxygen atoms in total. The van der Waals surface area contributed by atoms with Gasteiger partial charge < -0.3 is 10.1 Å². The molecule has 3 heteroatoms. The quantitative estimate of drug-likeness (QED) is 0.809. The molecule has 0 fully saturated rings. The number of nitrogens with one attached hydrogen (secondary N) is 1. The Balaban J connectivity index is 1.62. The summed E-state index contributed by atoms with van der Waals surface area (Å²) in [5, 5.41) is 3.13. The molecule has 0 radical (unpaired) electrons. The van der Waals surface area contributed by atoms with Gasteiger partial charge in [0.1, 0.15) is 5.75 Å². The maximum atomic E-state index is 12.4. The molecule has 0 bridgehead atoms. The van der Waals surface area contributed by atoms with Crippen LogP contribution in [0.25, 0.3) is 0 Å². The van der Waals surface area contributed by atoms with E-state index in [0.29, 0.717) is 0 Å². The van der Waals surface area contributed by atoms with Crippen molar-refractivity contribution in [1.29, 1.82) is 0 Å². The van der Waals surface area contributed by atoms with Crippen molar-refractivity contribution < 1.29 is 9.53 Å². The molecule has 0 saturated carbocycles. The van der Waals surface area contributed by atoms with Crippen molar-refractivity contribution in [2.45, 2.75) is 58.9 Å². The normalized spacial score (nSPS) is 14.4. The van der Waals surface area contributed by atoms with E-state index in [1.807, 2.05) is 32.0 Å². The molecule has 1 aliphatic rings. The average molecular weight is 351 g/mol. The number of benzene rings is 2. The van der Waals surface area contributed by atoms with Gasteiger partial charge in [-0.3, -0.25) is 4.79 Å². The first-order valence-electron chi connectivity index (χ1n) is 9.68. The van der Waals surface area contributed by atoms with Gasteiger partial charge in [0.15, 0.2) is 6.61 Å². The van der Waals surface area contributed by atoms with Gasteiger partial charge in [0.25, 0.3) is 5.91 Å². The van der Waals surface area contributed by atoms with Crippen LogP contribution in [-0.4, -0.2) is 12.5 Å². The molecule has 1 aliphatic carbocycles. The van der Waals surface area contributed by atoms with Crippen molar-refractivity contribution in [2.75, 3.05) is 6.61 Å². The van der Waals surface area contributed by atoms with Crippen LogP contribution in [0.15, 0.2) is 36.4 Å². The third-order valence-corrected chi connectivity index (χ3v) is 5.22. The van der Waals surface area contributed by atoms with Crippen molar-refractivity contribution in [3.63, 3.8) is 0 Å². The number of aryl methyl sites for hydroxylation is 4. The van der Waals surface area contributed by atoms with Crippen LogP contribution in [0, 0.1) is 13.8 Å². The minimum atomic E-state index is -0.0736. The number of carbonyl (C=O) groups is 1. The van der Waals surface area contributed by atoms with Crippen molar-refractivity contribution in [3.05, 3.63) is 64.2 Å². The van der Waals surface area contributed by atoms with Crippen LogP contribution in [0.2, 0.25) is 0 Å². The molecule has 1 amide bonds. The molecule has 3 rings (SSSR count). The summed E-state index contributed by atoms with van der Waals surface area (Å²) >= 11 is 0. The Morgan fingerprint density at radius 3 is 2.62 bits per heavy atom. The summed E-state index contributed by atoms with van der Waals surface area (Å²) in [6.45, 7) is 6.17. The highest BCUT2D eigenvalue weighted by Crippen LogP contribution is 2.26. The van der Waals surface area contributed by atoms with Gasteiger partial charge >= 0.3 is 0 Å². The molecule has 0 aliphatic heterocycles. The maximum Gasteiger partial charge on any atom is 0.258 e. The fraction of sp³-hybridized carbons (Fsp3) is 0.435. The Morgan fingerprint density at radius 1 is 1.08 bits per heavy atom. The number of ether oxygens (including phenoxy) is 1. The smallest absolute Gasteiger partial charge is 0.258 e. The van der Waals surface area contributed by atoms with E-state index < -0.39 is 0 Å². The molecule has 138 valence electrons. The van der Waals surface area contributed by atoms with Gasteiger partial charge in [0, 0.05) is 0 Å². The Labute approximate surface area is 156 Å². The van der Waals surface area contributed by atoms with Crippen LogP contribution in [0.4, 0.5) is 0 Å². The third-order valence-electron chi connectivity index (χ3n) is 5.22. The molecule has 0 aromatic heterocycles. The van der Waals surface area contributed by atoms with E-state index in [-0.39, 0.29) is 18.6 Å². The summed E-state index contributed by atoms with van der Waals surface area (Å²) in [4.78, 5) is 12.4. The molecule has 1 unspecified atom stereocenters. The highest BCUT2D eigenvalue weighted by Gasteiger charge is 2.16. The summed E-state index contributed by atoms with van der Waals surface area (Å²) in [5.41, 5.74) is 6.30. The lowest BCUT2D eigenvalue weighted by atomic mass is 9.89. The largest absolute Gasteiger partial charge is 0.483 e. The summed E-state index contributed by atoms with van der Waals surface area (Å²) in [6.07, 6.45) is 5.76. The summed E-state index contributed by atoms with van der Waals surface area (Å²) in [5.74, 6) is 0.706. The zero-order valence-electron chi connectivity index (χ0n) is 16.1. The molecule has 0 spiro atoms. The first-order valence-corrected chi connectivity index (χ1v) is 9.68. The van der Waals surface area contributed by atoms with Gasteiger partial charge in [0.2, 0.25) is 0 Å². The Kier molecular flexibility index (Phi) is 5.97. The number of amides is 1. The van der Waals surface area contributed by atoms with E-state index >= 15 is 0 Å². The Bertz CT molecular complexity index is 782. The van der Waals surface area contributed by atoms with Gasteiger partial charge in [-0.15, -0.1) is 0 Å². The van der Waals surface area contributed by atoms with Crippen LogP contribution in [0.3, 0.4) is 0 Å². The van der Waals surface area contributed by atoms with E-state index in [0.717, 1.165) is 29.7 Å². The molecule has 1 N–H and O–H groups in total. The lowest BCUT2D eigenvalue weighted by Crippen LogP contribution is -2.32. The first-order chi connectivity index (χ1) is 12.6.